The maximum absolute atomic E-state index is 10.6. The highest BCUT2D eigenvalue weighted by Crippen LogP contribution is 2.29. The molecular weight excluding hydrogens is 280 g/mol. The van der Waals surface area contributed by atoms with Gasteiger partial charge in [-0.1, -0.05) is 0 Å². The second kappa shape index (κ2) is 6.58. The SMILES string of the molecule is CC(C)(C)OC1OC(OC=O)C(OC(C)(C)C)C(O)C1O. The van der Waals surface area contributed by atoms with Gasteiger partial charge in [-0.2, -0.15) is 0 Å². The molecule has 0 saturated carbocycles. The zero-order valence-corrected chi connectivity index (χ0v) is 13.4. The first kappa shape index (κ1) is 18.3. The summed E-state index contributed by atoms with van der Waals surface area (Å²) < 4.78 is 21.4. The fourth-order valence-electron chi connectivity index (χ4n) is 1.95. The van der Waals surface area contributed by atoms with E-state index in [0.717, 1.165) is 0 Å². The van der Waals surface area contributed by atoms with Gasteiger partial charge in [-0.15, -0.1) is 0 Å². The third kappa shape index (κ3) is 5.52. The molecule has 5 atom stereocenters. The van der Waals surface area contributed by atoms with Crippen molar-refractivity contribution in [1.82, 2.24) is 0 Å². The Bertz CT molecular complexity index is 344. The molecule has 0 aromatic carbocycles. The standard InChI is InChI=1S/C14H26O7/c1-13(2,3)20-10-8(16)9(17)11(21-14(4,5)6)19-12(10)18-7-15/h7-12,16-17H,1-6H3. The lowest BCUT2D eigenvalue weighted by Gasteiger charge is -2.44. The third-order valence-corrected chi connectivity index (χ3v) is 2.65. The van der Waals surface area contributed by atoms with Crippen molar-refractivity contribution in [2.75, 3.05) is 0 Å². The molecule has 7 nitrogen and oxygen atoms in total. The summed E-state index contributed by atoms with van der Waals surface area (Å²) in [5.41, 5.74) is -1.22. The Hall–Kier alpha value is -0.730. The van der Waals surface area contributed by atoms with Gasteiger partial charge in [0.15, 0.2) is 6.29 Å². The second-order valence-electron chi connectivity index (χ2n) is 7.01. The van der Waals surface area contributed by atoms with E-state index in [1.54, 1.807) is 41.5 Å². The average Bonchev–Trinajstić information content (AvgIpc) is 2.28. The normalized spacial score (nSPS) is 34.6. The Morgan fingerprint density at radius 2 is 1.43 bits per heavy atom. The largest absolute Gasteiger partial charge is 0.435 e. The molecule has 2 N–H and O–H groups in total. The van der Waals surface area contributed by atoms with Gasteiger partial charge in [-0.05, 0) is 41.5 Å². The van der Waals surface area contributed by atoms with Gasteiger partial charge >= 0.3 is 0 Å². The van der Waals surface area contributed by atoms with E-state index in [-0.39, 0.29) is 6.47 Å². The summed E-state index contributed by atoms with van der Waals surface area (Å²) in [5.74, 6) is 0. The summed E-state index contributed by atoms with van der Waals surface area (Å²) in [5, 5.41) is 20.4. The molecule has 1 fully saturated rings. The molecule has 0 radical (unpaired) electrons. The van der Waals surface area contributed by atoms with Gasteiger partial charge in [-0.3, -0.25) is 4.79 Å². The van der Waals surface area contributed by atoms with Gasteiger partial charge < -0.3 is 29.2 Å². The van der Waals surface area contributed by atoms with Crippen LogP contribution < -0.4 is 0 Å². The van der Waals surface area contributed by atoms with Gasteiger partial charge in [0.2, 0.25) is 6.29 Å². The molecule has 21 heavy (non-hydrogen) atoms. The Balaban J connectivity index is 2.90. The van der Waals surface area contributed by atoms with E-state index in [1.165, 1.54) is 0 Å². The molecule has 5 unspecified atom stereocenters. The fourth-order valence-corrected chi connectivity index (χ4v) is 1.95. The summed E-state index contributed by atoms with van der Waals surface area (Å²) in [6, 6.07) is 0. The summed E-state index contributed by atoms with van der Waals surface area (Å²) in [4.78, 5) is 10.6. The molecular formula is C14H26O7. The van der Waals surface area contributed by atoms with Crippen molar-refractivity contribution < 1.29 is 34.0 Å². The molecule has 1 rings (SSSR count). The predicted molar refractivity (Wildman–Crippen MR) is 73.3 cm³/mol. The number of rotatable bonds is 4. The lowest BCUT2D eigenvalue weighted by molar-refractivity contribution is -0.366. The van der Waals surface area contributed by atoms with Gasteiger partial charge in [-0.25, -0.2) is 0 Å². The van der Waals surface area contributed by atoms with E-state index in [1.807, 2.05) is 0 Å². The lowest BCUT2D eigenvalue weighted by atomic mass is 10.0. The van der Waals surface area contributed by atoms with Crippen LogP contribution in [0.1, 0.15) is 41.5 Å². The number of aliphatic hydroxyl groups is 2. The Labute approximate surface area is 125 Å². The van der Waals surface area contributed by atoms with Crippen molar-refractivity contribution in [2.45, 2.75) is 83.6 Å². The molecule has 1 saturated heterocycles. The average molecular weight is 306 g/mol. The monoisotopic (exact) mass is 306 g/mol. The van der Waals surface area contributed by atoms with E-state index < -0.39 is 42.1 Å². The maximum Gasteiger partial charge on any atom is 0.295 e. The molecule has 0 spiro atoms. The third-order valence-electron chi connectivity index (χ3n) is 2.65. The minimum Gasteiger partial charge on any atom is -0.435 e. The molecule has 1 aliphatic heterocycles. The van der Waals surface area contributed by atoms with Gasteiger partial charge in [0.1, 0.15) is 18.3 Å². The molecule has 7 heteroatoms. The summed E-state index contributed by atoms with van der Waals surface area (Å²) in [6.07, 6.45) is -5.92. The molecule has 0 aromatic heterocycles. The molecule has 1 heterocycles. The van der Waals surface area contributed by atoms with Crippen LogP contribution in [0.25, 0.3) is 0 Å². The Morgan fingerprint density at radius 1 is 0.905 bits per heavy atom. The van der Waals surface area contributed by atoms with Crippen molar-refractivity contribution >= 4 is 6.47 Å². The van der Waals surface area contributed by atoms with Crippen LogP contribution in [0.5, 0.6) is 0 Å². The zero-order chi connectivity index (χ0) is 16.4. The lowest BCUT2D eigenvalue weighted by Crippen LogP contribution is -2.61. The van der Waals surface area contributed by atoms with Gasteiger partial charge in [0, 0.05) is 0 Å². The van der Waals surface area contributed by atoms with Crippen molar-refractivity contribution in [3.63, 3.8) is 0 Å². The van der Waals surface area contributed by atoms with Crippen molar-refractivity contribution in [2.24, 2.45) is 0 Å². The van der Waals surface area contributed by atoms with Gasteiger partial charge in [0.25, 0.3) is 6.47 Å². The van der Waals surface area contributed by atoms with E-state index in [4.69, 9.17) is 18.9 Å². The number of aliphatic hydroxyl groups excluding tert-OH is 2. The van der Waals surface area contributed by atoms with E-state index >= 15 is 0 Å². The van der Waals surface area contributed by atoms with Crippen molar-refractivity contribution in [3.8, 4) is 0 Å². The number of carbonyl (C=O) groups is 1. The smallest absolute Gasteiger partial charge is 0.295 e. The Kier molecular flexibility index (Phi) is 5.74. The van der Waals surface area contributed by atoms with Crippen LogP contribution in [0.4, 0.5) is 0 Å². The van der Waals surface area contributed by atoms with Crippen LogP contribution in [0.15, 0.2) is 0 Å². The molecule has 0 aliphatic carbocycles. The quantitative estimate of drug-likeness (QED) is 0.733. The maximum atomic E-state index is 10.6. The first-order chi connectivity index (χ1) is 9.44. The molecule has 0 bridgehead atoms. The predicted octanol–water partition coefficient (Wildman–Crippen LogP) is 0.562. The summed E-state index contributed by atoms with van der Waals surface area (Å²) >= 11 is 0. The Morgan fingerprint density at radius 3 is 1.86 bits per heavy atom. The number of carbonyl (C=O) groups excluding carboxylic acids is 1. The molecule has 124 valence electrons. The fraction of sp³-hybridized carbons (Fsp3) is 0.929. The summed E-state index contributed by atoms with van der Waals surface area (Å²) in [7, 11) is 0. The van der Waals surface area contributed by atoms with Crippen molar-refractivity contribution in [1.29, 1.82) is 0 Å². The van der Waals surface area contributed by atoms with Crippen LogP contribution in [0.2, 0.25) is 0 Å². The van der Waals surface area contributed by atoms with Crippen LogP contribution in [-0.2, 0) is 23.7 Å². The van der Waals surface area contributed by atoms with Crippen LogP contribution in [0, 0.1) is 0 Å². The van der Waals surface area contributed by atoms with Crippen molar-refractivity contribution in [3.05, 3.63) is 0 Å². The number of hydrogen-bond donors (Lipinski definition) is 2. The zero-order valence-electron chi connectivity index (χ0n) is 13.4. The highest BCUT2D eigenvalue weighted by atomic mass is 16.8. The van der Waals surface area contributed by atoms with Gasteiger partial charge in [0.05, 0.1) is 11.2 Å². The molecule has 1 aliphatic rings. The highest BCUT2D eigenvalue weighted by molar-refractivity contribution is 5.37. The topological polar surface area (TPSA) is 94.5 Å². The highest BCUT2D eigenvalue weighted by Gasteiger charge is 2.49. The number of ether oxygens (including phenoxy) is 4. The number of hydrogen-bond acceptors (Lipinski definition) is 7. The van der Waals surface area contributed by atoms with Crippen LogP contribution in [0.3, 0.4) is 0 Å². The molecule has 0 aromatic rings. The first-order valence-electron chi connectivity index (χ1n) is 6.91. The van der Waals surface area contributed by atoms with Crippen LogP contribution in [-0.4, -0.2) is 58.8 Å². The van der Waals surface area contributed by atoms with E-state index in [9.17, 15) is 15.0 Å². The van der Waals surface area contributed by atoms with Crippen LogP contribution >= 0.6 is 0 Å². The van der Waals surface area contributed by atoms with E-state index in [2.05, 4.69) is 0 Å². The minimum absolute atomic E-state index is 0.211. The molecule has 0 amide bonds. The van der Waals surface area contributed by atoms with E-state index in [0.29, 0.717) is 0 Å². The second-order valence-corrected chi connectivity index (χ2v) is 7.01. The minimum atomic E-state index is -1.32. The summed E-state index contributed by atoms with van der Waals surface area (Å²) in [6.45, 7) is 10.9. The first-order valence-corrected chi connectivity index (χ1v) is 6.91.